The number of rotatable bonds is 3. The van der Waals surface area contributed by atoms with Gasteiger partial charge in [0, 0.05) is 17.8 Å². The number of aromatic nitrogens is 4. The zero-order chi connectivity index (χ0) is 11.4. The fourth-order valence-electron chi connectivity index (χ4n) is 1.17. The van der Waals surface area contributed by atoms with Crippen molar-refractivity contribution in [3.8, 4) is 0 Å². The molecule has 2 aromatic heterocycles. The molecule has 0 aliphatic rings. The van der Waals surface area contributed by atoms with Gasteiger partial charge in [-0.15, -0.1) is 0 Å². The van der Waals surface area contributed by atoms with E-state index in [4.69, 9.17) is 0 Å². The van der Waals surface area contributed by atoms with E-state index >= 15 is 0 Å². The second-order valence-corrected chi connectivity index (χ2v) is 3.06. The topological polar surface area (TPSA) is 104 Å². The predicted octanol–water partition coefficient (Wildman–Crippen LogP) is -0.577. The highest BCUT2D eigenvalue weighted by atomic mass is 16.2. The maximum atomic E-state index is 11.6. The molecule has 7 heteroatoms. The van der Waals surface area contributed by atoms with Crippen LogP contribution in [-0.2, 0) is 6.54 Å². The average Bonchev–Trinajstić information content (AvgIpc) is 2.78. The standard InChI is InChI=1S/C9H9N5O2/c15-8-3-6(1-2-10-8)9(16)11-4-7-12-5-13-14-7/h1-3,5H,4H2,(H,10,15)(H,11,16)(H,12,13,14). The van der Waals surface area contributed by atoms with E-state index in [0.717, 1.165) is 0 Å². The van der Waals surface area contributed by atoms with Crippen LogP contribution in [0.2, 0.25) is 0 Å². The van der Waals surface area contributed by atoms with Crippen molar-refractivity contribution < 1.29 is 4.79 Å². The summed E-state index contributed by atoms with van der Waals surface area (Å²) in [6.07, 6.45) is 2.78. The van der Waals surface area contributed by atoms with E-state index in [9.17, 15) is 9.59 Å². The highest BCUT2D eigenvalue weighted by molar-refractivity contribution is 5.93. The third-order valence-electron chi connectivity index (χ3n) is 1.92. The molecule has 2 rings (SSSR count). The number of amides is 1. The molecule has 0 fully saturated rings. The van der Waals surface area contributed by atoms with E-state index in [2.05, 4.69) is 25.5 Å². The van der Waals surface area contributed by atoms with Crippen LogP contribution < -0.4 is 10.9 Å². The van der Waals surface area contributed by atoms with E-state index in [0.29, 0.717) is 11.4 Å². The molecule has 0 radical (unpaired) electrons. The Labute approximate surface area is 89.9 Å². The van der Waals surface area contributed by atoms with Gasteiger partial charge in [-0.1, -0.05) is 0 Å². The first-order chi connectivity index (χ1) is 7.75. The molecule has 0 aromatic carbocycles. The second kappa shape index (κ2) is 4.39. The van der Waals surface area contributed by atoms with Crippen molar-refractivity contribution in [2.45, 2.75) is 6.54 Å². The third kappa shape index (κ3) is 2.32. The number of carbonyl (C=O) groups is 1. The lowest BCUT2D eigenvalue weighted by Gasteiger charge is -2.01. The normalized spacial score (nSPS) is 10.0. The maximum Gasteiger partial charge on any atom is 0.251 e. The Kier molecular flexibility index (Phi) is 2.77. The largest absolute Gasteiger partial charge is 0.345 e. The molecular formula is C9H9N5O2. The minimum absolute atomic E-state index is 0.242. The fourth-order valence-corrected chi connectivity index (χ4v) is 1.17. The summed E-state index contributed by atoms with van der Waals surface area (Å²) in [5.74, 6) is 0.223. The number of aromatic amines is 2. The van der Waals surface area contributed by atoms with Crippen LogP contribution in [0.25, 0.3) is 0 Å². The Morgan fingerprint density at radius 2 is 2.38 bits per heavy atom. The zero-order valence-electron chi connectivity index (χ0n) is 8.23. The van der Waals surface area contributed by atoms with Crippen molar-refractivity contribution in [3.63, 3.8) is 0 Å². The lowest BCUT2D eigenvalue weighted by molar-refractivity contribution is 0.0949. The Hall–Kier alpha value is -2.44. The van der Waals surface area contributed by atoms with Gasteiger partial charge in [0.05, 0.1) is 6.54 Å². The van der Waals surface area contributed by atoms with Gasteiger partial charge in [0.2, 0.25) is 5.56 Å². The van der Waals surface area contributed by atoms with Crippen LogP contribution in [0.5, 0.6) is 0 Å². The maximum absolute atomic E-state index is 11.6. The first-order valence-electron chi connectivity index (χ1n) is 4.57. The molecule has 1 amide bonds. The summed E-state index contributed by atoms with van der Waals surface area (Å²) in [5, 5.41) is 8.86. The van der Waals surface area contributed by atoms with Gasteiger partial charge >= 0.3 is 0 Å². The molecule has 0 bridgehead atoms. The molecule has 0 aliphatic heterocycles. The summed E-state index contributed by atoms with van der Waals surface area (Å²) in [7, 11) is 0. The molecule has 0 unspecified atom stereocenters. The van der Waals surface area contributed by atoms with E-state index in [1.807, 2.05) is 0 Å². The molecule has 2 aromatic rings. The summed E-state index contributed by atoms with van der Waals surface area (Å²) < 4.78 is 0. The van der Waals surface area contributed by atoms with Crippen LogP contribution in [0.1, 0.15) is 16.2 Å². The van der Waals surface area contributed by atoms with Crippen LogP contribution in [0.15, 0.2) is 29.5 Å². The van der Waals surface area contributed by atoms with E-state index in [-0.39, 0.29) is 18.0 Å². The van der Waals surface area contributed by atoms with Gasteiger partial charge < -0.3 is 10.3 Å². The Morgan fingerprint density at radius 1 is 1.50 bits per heavy atom. The first-order valence-corrected chi connectivity index (χ1v) is 4.57. The summed E-state index contributed by atoms with van der Waals surface area (Å²) in [4.78, 5) is 28.8. The molecule has 0 saturated heterocycles. The number of hydrogen-bond acceptors (Lipinski definition) is 4. The number of carbonyl (C=O) groups excluding carboxylic acids is 1. The van der Waals surface area contributed by atoms with Crippen LogP contribution in [0.4, 0.5) is 0 Å². The minimum Gasteiger partial charge on any atom is -0.345 e. The van der Waals surface area contributed by atoms with Gasteiger partial charge in [-0.25, -0.2) is 4.98 Å². The minimum atomic E-state index is -0.331. The molecular weight excluding hydrogens is 210 g/mol. The Bertz CT molecular complexity index is 531. The molecule has 3 N–H and O–H groups in total. The summed E-state index contributed by atoms with van der Waals surface area (Å²) in [6, 6.07) is 2.76. The fraction of sp³-hybridized carbons (Fsp3) is 0.111. The number of H-pyrrole nitrogens is 2. The highest BCUT2D eigenvalue weighted by Gasteiger charge is 2.05. The SMILES string of the molecule is O=C(NCc1ncn[nH]1)c1cc[nH]c(=O)c1. The van der Waals surface area contributed by atoms with Gasteiger partial charge in [-0.3, -0.25) is 14.7 Å². The smallest absolute Gasteiger partial charge is 0.251 e. The predicted molar refractivity (Wildman–Crippen MR) is 54.6 cm³/mol. The zero-order valence-corrected chi connectivity index (χ0v) is 8.23. The molecule has 82 valence electrons. The van der Waals surface area contributed by atoms with E-state index < -0.39 is 0 Å². The highest BCUT2D eigenvalue weighted by Crippen LogP contribution is 1.93. The Morgan fingerprint density at radius 3 is 3.06 bits per heavy atom. The van der Waals surface area contributed by atoms with Crippen LogP contribution in [0, 0.1) is 0 Å². The van der Waals surface area contributed by atoms with Gasteiger partial charge in [0.15, 0.2) is 0 Å². The number of nitrogens with zero attached hydrogens (tertiary/aromatic N) is 2. The summed E-state index contributed by atoms with van der Waals surface area (Å²) in [5.41, 5.74) is -0.00409. The van der Waals surface area contributed by atoms with E-state index in [1.54, 1.807) is 0 Å². The van der Waals surface area contributed by atoms with Gasteiger partial charge in [0.1, 0.15) is 12.2 Å². The van der Waals surface area contributed by atoms with Gasteiger partial charge in [-0.2, -0.15) is 5.10 Å². The number of nitrogens with one attached hydrogen (secondary N) is 3. The van der Waals surface area contributed by atoms with Crippen molar-refractivity contribution >= 4 is 5.91 Å². The molecule has 0 spiro atoms. The lowest BCUT2D eigenvalue weighted by Crippen LogP contribution is -2.24. The number of pyridine rings is 1. The van der Waals surface area contributed by atoms with Gasteiger partial charge in [0.25, 0.3) is 5.91 Å². The Balaban J connectivity index is 2.01. The molecule has 2 heterocycles. The molecule has 0 atom stereocenters. The molecule has 16 heavy (non-hydrogen) atoms. The van der Waals surface area contributed by atoms with Crippen molar-refractivity contribution in [2.75, 3.05) is 0 Å². The summed E-state index contributed by atoms with van der Waals surface area (Å²) >= 11 is 0. The number of hydrogen-bond donors (Lipinski definition) is 3. The lowest BCUT2D eigenvalue weighted by atomic mass is 10.2. The molecule has 0 saturated carbocycles. The quantitative estimate of drug-likeness (QED) is 0.642. The molecule has 0 aliphatic carbocycles. The van der Waals surface area contributed by atoms with Crippen molar-refractivity contribution in [1.82, 2.24) is 25.5 Å². The van der Waals surface area contributed by atoms with Crippen molar-refractivity contribution in [3.05, 3.63) is 46.4 Å². The third-order valence-corrected chi connectivity index (χ3v) is 1.92. The van der Waals surface area contributed by atoms with Crippen LogP contribution in [-0.4, -0.2) is 26.1 Å². The summed E-state index contributed by atoms with van der Waals surface area (Å²) in [6.45, 7) is 0.242. The van der Waals surface area contributed by atoms with Crippen molar-refractivity contribution in [1.29, 1.82) is 0 Å². The average molecular weight is 219 g/mol. The monoisotopic (exact) mass is 219 g/mol. The van der Waals surface area contributed by atoms with E-state index in [1.165, 1.54) is 24.7 Å². The first kappa shape index (κ1) is 10.1. The van der Waals surface area contributed by atoms with Crippen molar-refractivity contribution in [2.24, 2.45) is 0 Å². The molecule has 7 nitrogen and oxygen atoms in total. The van der Waals surface area contributed by atoms with Crippen LogP contribution >= 0.6 is 0 Å². The van der Waals surface area contributed by atoms with Gasteiger partial charge in [-0.05, 0) is 6.07 Å². The second-order valence-electron chi connectivity index (χ2n) is 3.06. The van der Waals surface area contributed by atoms with Crippen LogP contribution in [0.3, 0.4) is 0 Å².